The Balaban J connectivity index is 1.64. The van der Waals surface area contributed by atoms with Crippen LogP contribution in [-0.2, 0) is 16.2 Å². The molecule has 170 valence electrons. The molecule has 0 heterocycles. The molecule has 0 aliphatic heterocycles. The van der Waals surface area contributed by atoms with E-state index < -0.39 is 17.6 Å². The normalized spacial score (nSPS) is 10.7. The quantitative estimate of drug-likeness (QED) is 0.256. The van der Waals surface area contributed by atoms with Gasteiger partial charge in [-0.3, -0.25) is 9.59 Å². The van der Waals surface area contributed by atoms with Crippen molar-refractivity contribution in [1.29, 1.82) is 0 Å². The smallest absolute Gasteiger partial charge is 0.329 e. The van der Waals surface area contributed by atoms with Gasteiger partial charge in [-0.05, 0) is 51.8 Å². The molecule has 0 fully saturated rings. The molecule has 0 spiro atoms. The van der Waals surface area contributed by atoms with Crippen molar-refractivity contribution in [3.8, 4) is 11.5 Å². The summed E-state index contributed by atoms with van der Waals surface area (Å²) in [4.78, 5) is 23.8. The standard InChI is InChI=1S/C23H18BrClFN3O4/c1-32-20-11-14(10-16(24)21(20)33-13-15-6-2-3-7-17(15)25)12-27-29-23(31)22(30)28-19-9-5-4-8-18(19)26/h2-12H,13H2,1H3,(H,28,30)(H,29,31). The van der Waals surface area contributed by atoms with Crippen LogP contribution in [0.15, 0.2) is 70.2 Å². The first-order chi connectivity index (χ1) is 15.9. The predicted molar refractivity (Wildman–Crippen MR) is 127 cm³/mol. The number of ether oxygens (including phenoxy) is 2. The molecule has 3 rings (SSSR count). The Bertz CT molecular complexity index is 1210. The average Bonchev–Trinajstić information content (AvgIpc) is 2.80. The summed E-state index contributed by atoms with van der Waals surface area (Å²) in [6, 6.07) is 16.2. The van der Waals surface area contributed by atoms with Crippen molar-refractivity contribution < 1.29 is 23.5 Å². The molecule has 2 amide bonds. The van der Waals surface area contributed by atoms with Crippen LogP contribution in [0.3, 0.4) is 0 Å². The van der Waals surface area contributed by atoms with E-state index in [9.17, 15) is 14.0 Å². The molecule has 3 aromatic rings. The van der Waals surface area contributed by atoms with Gasteiger partial charge in [0.15, 0.2) is 11.5 Å². The van der Waals surface area contributed by atoms with Crippen molar-refractivity contribution in [2.45, 2.75) is 6.61 Å². The Morgan fingerprint density at radius 2 is 1.85 bits per heavy atom. The fourth-order valence-corrected chi connectivity index (χ4v) is 3.44. The van der Waals surface area contributed by atoms with Crippen molar-refractivity contribution in [2.75, 3.05) is 12.4 Å². The Morgan fingerprint density at radius 1 is 1.12 bits per heavy atom. The minimum Gasteiger partial charge on any atom is -0.493 e. The van der Waals surface area contributed by atoms with E-state index in [-0.39, 0.29) is 12.3 Å². The number of hydrazone groups is 1. The first-order valence-electron chi connectivity index (χ1n) is 9.51. The number of rotatable bonds is 7. The van der Waals surface area contributed by atoms with Gasteiger partial charge < -0.3 is 14.8 Å². The Morgan fingerprint density at radius 3 is 2.58 bits per heavy atom. The number of para-hydroxylation sites is 1. The summed E-state index contributed by atoms with van der Waals surface area (Å²) in [7, 11) is 1.49. The summed E-state index contributed by atoms with van der Waals surface area (Å²) in [6.07, 6.45) is 1.32. The second-order valence-corrected chi connectivity index (χ2v) is 7.81. The highest BCUT2D eigenvalue weighted by Crippen LogP contribution is 2.37. The van der Waals surface area contributed by atoms with E-state index in [0.29, 0.717) is 26.6 Å². The van der Waals surface area contributed by atoms with Crippen molar-refractivity contribution in [2.24, 2.45) is 5.10 Å². The number of amides is 2. The fraction of sp³-hybridized carbons (Fsp3) is 0.0870. The van der Waals surface area contributed by atoms with Gasteiger partial charge in [-0.1, -0.05) is 41.9 Å². The molecule has 0 aliphatic rings. The lowest BCUT2D eigenvalue weighted by atomic mass is 10.2. The molecule has 0 saturated carbocycles. The van der Waals surface area contributed by atoms with Crippen molar-refractivity contribution in [1.82, 2.24) is 5.43 Å². The van der Waals surface area contributed by atoms with Gasteiger partial charge >= 0.3 is 11.8 Å². The molecule has 0 atom stereocenters. The SMILES string of the molecule is COc1cc(C=NNC(=O)C(=O)Nc2ccccc2F)cc(Br)c1OCc1ccccc1Cl. The highest BCUT2D eigenvalue weighted by Gasteiger charge is 2.15. The van der Waals surface area contributed by atoms with Crippen LogP contribution < -0.4 is 20.2 Å². The molecule has 7 nitrogen and oxygen atoms in total. The van der Waals surface area contributed by atoms with Gasteiger partial charge in [0.05, 0.1) is 23.5 Å². The van der Waals surface area contributed by atoms with Gasteiger partial charge in [0.25, 0.3) is 0 Å². The van der Waals surface area contributed by atoms with Gasteiger partial charge in [-0.15, -0.1) is 0 Å². The molecule has 2 N–H and O–H groups in total. The molecular formula is C23H18BrClFN3O4. The van der Waals surface area contributed by atoms with Gasteiger partial charge in [0.2, 0.25) is 0 Å². The molecule has 0 aromatic heterocycles. The van der Waals surface area contributed by atoms with Crippen LogP contribution in [-0.4, -0.2) is 25.1 Å². The second-order valence-electron chi connectivity index (χ2n) is 6.55. The Kier molecular flexibility index (Phi) is 8.39. The number of halogens is 3. The molecular weight excluding hydrogens is 517 g/mol. The summed E-state index contributed by atoms with van der Waals surface area (Å²) >= 11 is 9.60. The lowest BCUT2D eigenvalue weighted by Crippen LogP contribution is -2.32. The molecule has 0 unspecified atom stereocenters. The maximum Gasteiger partial charge on any atom is 0.329 e. The van der Waals surface area contributed by atoms with E-state index in [1.165, 1.54) is 37.6 Å². The maximum atomic E-state index is 13.6. The fourth-order valence-electron chi connectivity index (χ4n) is 2.68. The van der Waals surface area contributed by atoms with Crippen molar-refractivity contribution in [3.05, 3.63) is 87.1 Å². The zero-order valence-electron chi connectivity index (χ0n) is 17.3. The molecule has 10 heteroatoms. The van der Waals surface area contributed by atoms with E-state index in [4.69, 9.17) is 21.1 Å². The van der Waals surface area contributed by atoms with Crippen LogP contribution in [0.2, 0.25) is 5.02 Å². The lowest BCUT2D eigenvalue weighted by Gasteiger charge is -2.14. The molecule has 0 aliphatic carbocycles. The summed E-state index contributed by atoms with van der Waals surface area (Å²) in [5, 5.41) is 6.52. The molecule has 0 radical (unpaired) electrons. The summed E-state index contributed by atoms with van der Waals surface area (Å²) in [5.74, 6) is -1.89. The van der Waals surface area contributed by atoms with Gasteiger partial charge in [-0.25, -0.2) is 9.82 Å². The highest BCUT2D eigenvalue weighted by atomic mass is 79.9. The molecule has 0 saturated heterocycles. The first kappa shape index (κ1) is 24.2. The minimum absolute atomic E-state index is 0.109. The number of hydrogen-bond donors (Lipinski definition) is 2. The third kappa shape index (κ3) is 6.53. The van der Waals surface area contributed by atoms with Crippen LogP contribution in [0.4, 0.5) is 10.1 Å². The maximum absolute atomic E-state index is 13.6. The van der Waals surface area contributed by atoms with Crippen molar-refractivity contribution in [3.63, 3.8) is 0 Å². The lowest BCUT2D eigenvalue weighted by molar-refractivity contribution is -0.136. The topological polar surface area (TPSA) is 89.0 Å². The van der Waals surface area contributed by atoms with E-state index >= 15 is 0 Å². The predicted octanol–water partition coefficient (Wildman–Crippen LogP) is 4.92. The van der Waals surface area contributed by atoms with E-state index in [1.807, 2.05) is 18.2 Å². The molecule has 33 heavy (non-hydrogen) atoms. The van der Waals surface area contributed by atoms with Crippen LogP contribution in [0, 0.1) is 5.82 Å². The number of carbonyl (C=O) groups excluding carboxylic acids is 2. The van der Waals surface area contributed by atoms with Crippen LogP contribution in [0.1, 0.15) is 11.1 Å². The molecule has 0 bridgehead atoms. The number of nitrogens with one attached hydrogen (secondary N) is 2. The largest absolute Gasteiger partial charge is 0.493 e. The third-order valence-corrected chi connectivity index (χ3v) is 5.25. The number of hydrogen-bond acceptors (Lipinski definition) is 5. The third-order valence-electron chi connectivity index (χ3n) is 4.29. The van der Waals surface area contributed by atoms with Gasteiger partial charge in [-0.2, -0.15) is 5.10 Å². The molecule has 3 aromatic carbocycles. The number of anilines is 1. The monoisotopic (exact) mass is 533 g/mol. The first-order valence-corrected chi connectivity index (χ1v) is 10.7. The van der Waals surface area contributed by atoms with Crippen LogP contribution in [0.25, 0.3) is 0 Å². The number of methoxy groups -OCH3 is 1. The number of benzene rings is 3. The number of carbonyl (C=O) groups is 2. The van der Waals surface area contributed by atoms with Crippen LogP contribution in [0.5, 0.6) is 11.5 Å². The van der Waals surface area contributed by atoms with Crippen LogP contribution >= 0.6 is 27.5 Å². The summed E-state index contributed by atoms with van der Waals surface area (Å²) < 4.78 is 25.4. The summed E-state index contributed by atoms with van der Waals surface area (Å²) in [5.41, 5.74) is 3.35. The average molecular weight is 535 g/mol. The summed E-state index contributed by atoms with van der Waals surface area (Å²) in [6.45, 7) is 0.231. The van der Waals surface area contributed by atoms with E-state index in [2.05, 4.69) is 31.8 Å². The Hall–Kier alpha value is -3.43. The zero-order valence-corrected chi connectivity index (χ0v) is 19.6. The number of nitrogens with zero attached hydrogens (tertiary/aromatic N) is 1. The highest BCUT2D eigenvalue weighted by molar-refractivity contribution is 9.10. The van der Waals surface area contributed by atoms with Gasteiger partial charge in [0.1, 0.15) is 12.4 Å². The van der Waals surface area contributed by atoms with E-state index in [1.54, 1.807) is 18.2 Å². The van der Waals surface area contributed by atoms with E-state index in [0.717, 1.165) is 5.56 Å². The second kappa shape index (κ2) is 11.4. The van der Waals surface area contributed by atoms with Gasteiger partial charge in [0, 0.05) is 10.6 Å². The zero-order chi connectivity index (χ0) is 23.8. The Labute approximate surface area is 202 Å². The minimum atomic E-state index is -1.06. The van der Waals surface area contributed by atoms with Crippen molar-refractivity contribution >= 4 is 51.2 Å².